The van der Waals surface area contributed by atoms with Crippen LogP contribution in [0.2, 0.25) is 0 Å². The standard InChI is InChI=1S/C17H23N3O5/c18-17(24)19-10-12-3-5-13(6-4-12)16(23)20(8-7-15(21)22)11-14-2-1-9-25-14/h3-6,14H,1-2,7-11H2,(H,21,22)(H3,18,19,24)/t14-/m0/s1. The molecule has 0 saturated carbocycles. The number of carboxylic acids is 1. The van der Waals surface area contributed by atoms with Crippen LogP contribution in [-0.4, -0.2) is 53.7 Å². The van der Waals surface area contributed by atoms with Crippen molar-refractivity contribution in [2.75, 3.05) is 19.7 Å². The Balaban J connectivity index is 2.02. The van der Waals surface area contributed by atoms with E-state index >= 15 is 0 Å². The highest BCUT2D eigenvalue weighted by molar-refractivity contribution is 5.94. The molecule has 1 aliphatic heterocycles. The maximum Gasteiger partial charge on any atom is 0.312 e. The third kappa shape index (κ3) is 6.07. The molecule has 1 heterocycles. The summed E-state index contributed by atoms with van der Waals surface area (Å²) >= 11 is 0. The second-order valence-electron chi connectivity index (χ2n) is 5.94. The third-order valence-corrected chi connectivity index (χ3v) is 4.00. The van der Waals surface area contributed by atoms with Gasteiger partial charge in [0.25, 0.3) is 5.91 Å². The van der Waals surface area contributed by atoms with E-state index in [1.807, 2.05) is 0 Å². The minimum atomic E-state index is -0.946. The minimum Gasteiger partial charge on any atom is -0.481 e. The molecule has 136 valence electrons. The number of ether oxygens (including phenoxy) is 1. The first-order valence-corrected chi connectivity index (χ1v) is 8.20. The van der Waals surface area contributed by atoms with Crippen LogP contribution in [0.4, 0.5) is 4.79 Å². The topological polar surface area (TPSA) is 122 Å². The summed E-state index contributed by atoms with van der Waals surface area (Å²) in [6.07, 6.45) is 1.66. The molecule has 1 atom stereocenters. The van der Waals surface area contributed by atoms with Crippen LogP contribution in [0.5, 0.6) is 0 Å². The van der Waals surface area contributed by atoms with E-state index in [1.165, 1.54) is 4.90 Å². The van der Waals surface area contributed by atoms with Gasteiger partial charge in [-0.25, -0.2) is 4.79 Å². The SMILES string of the molecule is NC(=O)NCc1ccc(C(=O)N(CCC(=O)O)C[C@@H]2CCCO2)cc1. The van der Waals surface area contributed by atoms with Gasteiger partial charge in [0.2, 0.25) is 0 Å². The van der Waals surface area contributed by atoms with Crippen molar-refractivity contribution in [1.82, 2.24) is 10.2 Å². The second kappa shape index (κ2) is 9.03. The zero-order chi connectivity index (χ0) is 18.2. The van der Waals surface area contributed by atoms with Gasteiger partial charge in [-0.15, -0.1) is 0 Å². The Labute approximate surface area is 145 Å². The molecule has 2 rings (SSSR count). The maximum absolute atomic E-state index is 12.7. The zero-order valence-corrected chi connectivity index (χ0v) is 13.9. The van der Waals surface area contributed by atoms with Gasteiger partial charge in [0, 0.05) is 31.8 Å². The molecule has 1 aliphatic rings. The van der Waals surface area contributed by atoms with Crippen LogP contribution in [0.25, 0.3) is 0 Å². The van der Waals surface area contributed by atoms with Gasteiger partial charge >= 0.3 is 12.0 Å². The highest BCUT2D eigenvalue weighted by Gasteiger charge is 2.23. The van der Waals surface area contributed by atoms with Gasteiger partial charge in [0.1, 0.15) is 0 Å². The first kappa shape index (κ1) is 18.7. The molecule has 8 nitrogen and oxygen atoms in total. The Morgan fingerprint density at radius 2 is 2.00 bits per heavy atom. The van der Waals surface area contributed by atoms with E-state index < -0.39 is 12.0 Å². The van der Waals surface area contributed by atoms with Crippen molar-refractivity contribution in [3.8, 4) is 0 Å². The second-order valence-corrected chi connectivity index (χ2v) is 5.94. The lowest BCUT2D eigenvalue weighted by Crippen LogP contribution is -2.38. The molecular formula is C17H23N3O5. The molecular weight excluding hydrogens is 326 g/mol. The average molecular weight is 349 g/mol. The van der Waals surface area contributed by atoms with E-state index in [-0.39, 0.29) is 31.5 Å². The summed E-state index contributed by atoms with van der Waals surface area (Å²) in [4.78, 5) is 35.8. The number of hydrogen-bond donors (Lipinski definition) is 3. The Morgan fingerprint density at radius 3 is 2.56 bits per heavy atom. The zero-order valence-electron chi connectivity index (χ0n) is 13.9. The summed E-state index contributed by atoms with van der Waals surface area (Å²) in [6, 6.07) is 6.15. The van der Waals surface area contributed by atoms with Crippen LogP contribution in [-0.2, 0) is 16.1 Å². The maximum atomic E-state index is 12.7. The Bertz CT molecular complexity index is 611. The summed E-state index contributed by atoms with van der Waals surface area (Å²) in [7, 11) is 0. The van der Waals surface area contributed by atoms with Crippen molar-refractivity contribution in [2.24, 2.45) is 5.73 Å². The van der Waals surface area contributed by atoms with Crippen LogP contribution < -0.4 is 11.1 Å². The Kier molecular flexibility index (Phi) is 6.76. The predicted octanol–water partition coefficient (Wildman–Crippen LogP) is 0.951. The van der Waals surface area contributed by atoms with Crippen molar-refractivity contribution < 1.29 is 24.2 Å². The molecule has 0 aromatic heterocycles. The summed E-state index contributed by atoms with van der Waals surface area (Å²) in [5.41, 5.74) is 6.30. The predicted molar refractivity (Wildman–Crippen MR) is 90.0 cm³/mol. The number of nitrogens with one attached hydrogen (secondary N) is 1. The number of benzene rings is 1. The number of carboxylic acid groups (broad SMARTS) is 1. The van der Waals surface area contributed by atoms with E-state index in [0.717, 1.165) is 18.4 Å². The van der Waals surface area contributed by atoms with Gasteiger partial charge < -0.3 is 25.8 Å². The fourth-order valence-corrected chi connectivity index (χ4v) is 2.68. The number of aliphatic carboxylic acids is 1. The Hall–Kier alpha value is -2.61. The van der Waals surface area contributed by atoms with Crippen molar-refractivity contribution in [3.05, 3.63) is 35.4 Å². The van der Waals surface area contributed by atoms with E-state index in [9.17, 15) is 14.4 Å². The van der Waals surface area contributed by atoms with Crippen LogP contribution in [0.3, 0.4) is 0 Å². The molecule has 0 spiro atoms. The van der Waals surface area contributed by atoms with Crippen LogP contribution in [0.15, 0.2) is 24.3 Å². The van der Waals surface area contributed by atoms with Gasteiger partial charge in [-0.2, -0.15) is 0 Å². The minimum absolute atomic E-state index is 0.0446. The number of rotatable bonds is 8. The number of carbonyl (C=O) groups is 3. The number of nitrogens with zero attached hydrogens (tertiary/aromatic N) is 1. The van der Waals surface area contributed by atoms with Crippen LogP contribution in [0.1, 0.15) is 35.2 Å². The molecule has 25 heavy (non-hydrogen) atoms. The molecule has 1 fully saturated rings. The number of hydrogen-bond acceptors (Lipinski definition) is 4. The van der Waals surface area contributed by atoms with E-state index in [4.69, 9.17) is 15.6 Å². The van der Waals surface area contributed by atoms with Crippen molar-refractivity contribution >= 4 is 17.9 Å². The lowest BCUT2D eigenvalue weighted by molar-refractivity contribution is -0.137. The van der Waals surface area contributed by atoms with Crippen molar-refractivity contribution in [3.63, 3.8) is 0 Å². The van der Waals surface area contributed by atoms with Crippen molar-refractivity contribution in [2.45, 2.75) is 31.9 Å². The number of amides is 3. The summed E-state index contributed by atoms with van der Waals surface area (Å²) in [5.74, 6) is -1.18. The van der Waals surface area contributed by atoms with E-state index in [1.54, 1.807) is 24.3 Å². The van der Waals surface area contributed by atoms with Gasteiger partial charge in [-0.3, -0.25) is 9.59 Å². The molecule has 0 aliphatic carbocycles. The number of primary amides is 1. The van der Waals surface area contributed by atoms with Crippen molar-refractivity contribution in [1.29, 1.82) is 0 Å². The lowest BCUT2D eigenvalue weighted by Gasteiger charge is -2.25. The van der Waals surface area contributed by atoms with Gasteiger partial charge in [0.15, 0.2) is 0 Å². The molecule has 4 N–H and O–H groups in total. The van der Waals surface area contributed by atoms with Crippen LogP contribution >= 0.6 is 0 Å². The molecule has 3 amide bonds. The van der Waals surface area contributed by atoms with E-state index in [2.05, 4.69) is 5.32 Å². The Morgan fingerprint density at radius 1 is 1.28 bits per heavy atom. The first-order valence-electron chi connectivity index (χ1n) is 8.20. The van der Waals surface area contributed by atoms with Gasteiger partial charge in [-0.05, 0) is 30.5 Å². The molecule has 0 radical (unpaired) electrons. The summed E-state index contributed by atoms with van der Waals surface area (Å²) in [5, 5.41) is 11.4. The molecule has 0 bridgehead atoms. The molecule has 0 unspecified atom stereocenters. The molecule has 8 heteroatoms. The fourth-order valence-electron chi connectivity index (χ4n) is 2.68. The third-order valence-electron chi connectivity index (χ3n) is 4.00. The summed E-state index contributed by atoms with van der Waals surface area (Å²) in [6.45, 7) is 1.48. The average Bonchev–Trinajstić information content (AvgIpc) is 3.09. The van der Waals surface area contributed by atoms with Crippen LogP contribution in [0, 0.1) is 0 Å². The monoisotopic (exact) mass is 349 g/mol. The molecule has 1 saturated heterocycles. The van der Waals surface area contributed by atoms with Gasteiger partial charge in [0.05, 0.1) is 12.5 Å². The quantitative estimate of drug-likeness (QED) is 0.645. The fraction of sp³-hybridized carbons (Fsp3) is 0.471. The molecule has 1 aromatic carbocycles. The van der Waals surface area contributed by atoms with Gasteiger partial charge in [-0.1, -0.05) is 12.1 Å². The number of carbonyl (C=O) groups excluding carboxylic acids is 2. The normalized spacial score (nSPS) is 16.4. The first-order chi connectivity index (χ1) is 12.0. The summed E-state index contributed by atoms with van der Waals surface area (Å²) < 4.78 is 5.56. The molecule has 1 aromatic rings. The number of nitrogens with two attached hydrogens (primary N) is 1. The highest BCUT2D eigenvalue weighted by Crippen LogP contribution is 2.16. The smallest absolute Gasteiger partial charge is 0.312 e. The highest BCUT2D eigenvalue weighted by atomic mass is 16.5. The lowest BCUT2D eigenvalue weighted by atomic mass is 10.1. The number of urea groups is 1. The van der Waals surface area contributed by atoms with E-state index in [0.29, 0.717) is 18.7 Å². The largest absolute Gasteiger partial charge is 0.481 e.